The first-order valence-corrected chi connectivity index (χ1v) is 9.77. The van der Waals surface area contributed by atoms with Crippen molar-refractivity contribution in [3.8, 4) is 0 Å². The molecule has 1 amide bonds. The van der Waals surface area contributed by atoms with E-state index in [1.807, 2.05) is 0 Å². The van der Waals surface area contributed by atoms with Crippen LogP contribution in [0.5, 0.6) is 0 Å². The molecule has 1 N–H and O–H groups in total. The number of nitrogens with zero attached hydrogens (tertiary/aromatic N) is 1. The summed E-state index contributed by atoms with van der Waals surface area (Å²) in [5.74, 6) is -2.48. The number of hydrogen-bond acceptors (Lipinski definition) is 5. The van der Waals surface area contributed by atoms with Gasteiger partial charge in [0.05, 0.1) is 21.9 Å². The first-order chi connectivity index (χ1) is 12.7. The molecule has 0 atom stereocenters. The summed E-state index contributed by atoms with van der Waals surface area (Å²) in [7, 11) is -2.30. The fourth-order valence-corrected chi connectivity index (χ4v) is 3.87. The zero-order valence-corrected chi connectivity index (χ0v) is 15.6. The normalized spacial score (nSPS) is 11.7. The predicted molar refractivity (Wildman–Crippen MR) is 98.2 cm³/mol. The molecule has 0 aliphatic carbocycles. The summed E-state index contributed by atoms with van der Waals surface area (Å²) < 4.78 is 44.8. The number of benzene rings is 2. The second-order valence-electron chi connectivity index (χ2n) is 5.80. The molecule has 0 aliphatic rings. The van der Waals surface area contributed by atoms with E-state index in [0.717, 1.165) is 6.07 Å². The summed E-state index contributed by atoms with van der Waals surface area (Å²) in [5, 5.41) is 2.48. The molecule has 2 aromatic carbocycles. The lowest BCUT2D eigenvalue weighted by atomic mass is 10.3. The van der Waals surface area contributed by atoms with E-state index in [1.165, 1.54) is 41.9 Å². The summed E-state index contributed by atoms with van der Waals surface area (Å²) in [6.45, 7) is 0. The molecular formula is C17H14ClFN2O5S. The average molecular weight is 413 g/mol. The van der Waals surface area contributed by atoms with E-state index < -0.39 is 33.1 Å². The Hall–Kier alpha value is -2.65. The molecule has 0 radical (unpaired) electrons. The van der Waals surface area contributed by atoms with Gasteiger partial charge in [0, 0.05) is 24.6 Å². The number of sulfone groups is 1. The number of aromatic nitrogens is 1. The summed E-state index contributed by atoms with van der Waals surface area (Å²) >= 11 is 5.63. The lowest BCUT2D eigenvalue weighted by Gasteiger charge is -2.07. The first-order valence-electron chi connectivity index (χ1n) is 7.74. The molecule has 3 rings (SSSR count). The fraction of sp³-hybridized carbons (Fsp3) is 0.176. The van der Waals surface area contributed by atoms with Crippen molar-refractivity contribution in [2.24, 2.45) is 7.05 Å². The second-order valence-corrected chi connectivity index (χ2v) is 8.34. The highest BCUT2D eigenvalue weighted by atomic mass is 35.5. The number of amides is 1. The summed E-state index contributed by atoms with van der Waals surface area (Å²) in [5.41, 5.74) is 0.500. The molecule has 0 aliphatic heterocycles. The quantitative estimate of drug-likeness (QED) is 0.694. The van der Waals surface area contributed by atoms with Crippen molar-refractivity contribution < 1.29 is 22.0 Å². The molecular weight excluding hydrogens is 399 g/mol. The van der Waals surface area contributed by atoms with Gasteiger partial charge in [0.15, 0.2) is 15.4 Å². The van der Waals surface area contributed by atoms with Crippen molar-refractivity contribution in [2.45, 2.75) is 11.3 Å². The Labute approximate surface area is 158 Å². The van der Waals surface area contributed by atoms with Gasteiger partial charge in [-0.1, -0.05) is 11.6 Å². The maximum absolute atomic E-state index is 13.7. The van der Waals surface area contributed by atoms with E-state index in [1.54, 1.807) is 0 Å². The van der Waals surface area contributed by atoms with E-state index in [9.17, 15) is 22.4 Å². The molecule has 0 saturated carbocycles. The van der Waals surface area contributed by atoms with Crippen LogP contribution in [0.25, 0.3) is 11.1 Å². The number of rotatable bonds is 5. The number of anilines is 1. The Bertz CT molecular complexity index is 1200. The van der Waals surface area contributed by atoms with Crippen LogP contribution in [0.2, 0.25) is 5.02 Å². The summed E-state index contributed by atoms with van der Waals surface area (Å²) in [4.78, 5) is 23.4. The van der Waals surface area contributed by atoms with E-state index in [2.05, 4.69) is 5.32 Å². The molecule has 0 spiro atoms. The molecule has 3 aromatic rings. The van der Waals surface area contributed by atoms with E-state index in [4.69, 9.17) is 16.0 Å². The number of fused-ring (bicyclic) bond motifs is 1. The van der Waals surface area contributed by atoms with Crippen molar-refractivity contribution in [3.63, 3.8) is 0 Å². The van der Waals surface area contributed by atoms with Gasteiger partial charge in [-0.3, -0.25) is 9.36 Å². The van der Waals surface area contributed by atoms with Crippen LogP contribution in [0.15, 0.2) is 50.5 Å². The van der Waals surface area contributed by atoms with Crippen molar-refractivity contribution >= 4 is 44.1 Å². The number of halogens is 2. The predicted octanol–water partition coefficient (Wildman–Crippen LogP) is 2.73. The number of carbonyl (C=O) groups excluding carboxylic acids is 1. The highest BCUT2D eigenvalue weighted by Gasteiger charge is 2.19. The molecule has 10 heteroatoms. The van der Waals surface area contributed by atoms with Crippen LogP contribution in [0.1, 0.15) is 6.42 Å². The van der Waals surface area contributed by atoms with Crippen LogP contribution in [-0.4, -0.2) is 24.6 Å². The summed E-state index contributed by atoms with van der Waals surface area (Å²) in [6.07, 6.45) is -0.374. The van der Waals surface area contributed by atoms with Crippen molar-refractivity contribution in [1.82, 2.24) is 4.57 Å². The van der Waals surface area contributed by atoms with Crippen molar-refractivity contribution in [1.29, 1.82) is 0 Å². The number of nitrogens with one attached hydrogen (secondary N) is 1. The zero-order valence-electron chi connectivity index (χ0n) is 14.0. The van der Waals surface area contributed by atoms with E-state index >= 15 is 0 Å². The first kappa shape index (κ1) is 19.1. The van der Waals surface area contributed by atoms with E-state index in [0.29, 0.717) is 5.52 Å². The standard InChI is InChI=1S/C17H14ClFN2O5S/c1-21-14-5-3-11(9-15(14)26-17(21)23)27(24,25)7-6-16(22)20-13-4-2-10(18)8-12(13)19/h2-5,8-9H,6-7H2,1H3,(H,20,22). The fourth-order valence-electron chi connectivity index (χ4n) is 2.46. The molecule has 0 bridgehead atoms. The minimum absolute atomic E-state index is 0.0742. The second kappa shape index (κ2) is 7.16. The number of hydrogen-bond donors (Lipinski definition) is 1. The minimum atomic E-state index is -3.81. The number of aryl methyl sites for hydroxylation is 1. The SMILES string of the molecule is Cn1c(=O)oc2cc(S(=O)(=O)CCC(=O)Nc3ccc(Cl)cc3F)ccc21. The van der Waals surface area contributed by atoms with Crippen LogP contribution < -0.4 is 11.1 Å². The van der Waals surface area contributed by atoms with Gasteiger partial charge in [-0.05, 0) is 30.3 Å². The van der Waals surface area contributed by atoms with Gasteiger partial charge in [-0.25, -0.2) is 17.6 Å². The highest BCUT2D eigenvalue weighted by molar-refractivity contribution is 7.91. The molecule has 7 nitrogen and oxygen atoms in total. The van der Waals surface area contributed by atoms with Crippen molar-refractivity contribution in [2.75, 3.05) is 11.1 Å². The number of oxazole rings is 1. The largest absolute Gasteiger partial charge is 0.419 e. The maximum Gasteiger partial charge on any atom is 0.419 e. The van der Waals surface area contributed by atoms with Gasteiger partial charge in [0.2, 0.25) is 5.91 Å². The Kier molecular flexibility index (Phi) is 5.07. The average Bonchev–Trinajstić information content (AvgIpc) is 2.89. The lowest BCUT2D eigenvalue weighted by molar-refractivity contribution is -0.115. The van der Waals surface area contributed by atoms with Crippen LogP contribution in [-0.2, 0) is 21.7 Å². The van der Waals surface area contributed by atoms with Gasteiger partial charge in [0.25, 0.3) is 0 Å². The summed E-state index contributed by atoms with van der Waals surface area (Å²) in [6, 6.07) is 7.76. The Morgan fingerprint density at radius 1 is 1.26 bits per heavy atom. The molecule has 1 aromatic heterocycles. The molecule has 0 unspecified atom stereocenters. The van der Waals surface area contributed by atoms with Crippen LogP contribution >= 0.6 is 11.6 Å². The van der Waals surface area contributed by atoms with E-state index in [-0.39, 0.29) is 27.6 Å². The third-order valence-electron chi connectivity index (χ3n) is 3.93. The Balaban J connectivity index is 1.72. The third-order valence-corrected chi connectivity index (χ3v) is 5.87. The van der Waals surface area contributed by atoms with Gasteiger partial charge in [0.1, 0.15) is 5.82 Å². The monoisotopic (exact) mass is 412 g/mol. The highest BCUT2D eigenvalue weighted by Crippen LogP contribution is 2.21. The maximum atomic E-state index is 13.7. The third kappa shape index (κ3) is 4.04. The topological polar surface area (TPSA) is 98.4 Å². The molecule has 27 heavy (non-hydrogen) atoms. The van der Waals surface area contributed by atoms with Gasteiger partial charge < -0.3 is 9.73 Å². The number of carbonyl (C=O) groups is 1. The van der Waals surface area contributed by atoms with Gasteiger partial charge >= 0.3 is 5.76 Å². The lowest BCUT2D eigenvalue weighted by Crippen LogP contribution is -2.18. The van der Waals surface area contributed by atoms with Gasteiger partial charge in [-0.15, -0.1) is 0 Å². The molecule has 142 valence electrons. The van der Waals surface area contributed by atoms with Crippen LogP contribution in [0.3, 0.4) is 0 Å². The Morgan fingerprint density at radius 2 is 2.00 bits per heavy atom. The Morgan fingerprint density at radius 3 is 2.70 bits per heavy atom. The van der Waals surface area contributed by atoms with Crippen molar-refractivity contribution in [3.05, 3.63) is 57.8 Å². The zero-order chi connectivity index (χ0) is 19.8. The van der Waals surface area contributed by atoms with Crippen LogP contribution in [0, 0.1) is 5.82 Å². The minimum Gasteiger partial charge on any atom is -0.408 e. The van der Waals surface area contributed by atoms with Gasteiger partial charge in [-0.2, -0.15) is 0 Å². The van der Waals surface area contributed by atoms with Crippen LogP contribution in [0.4, 0.5) is 10.1 Å². The molecule has 1 heterocycles. The molecule has 0 fully saturated rings. The molecule has 0 saturated heterocycles. The smallest absolute Gasteiger partial charge is 0.408 e.